The first-order valence-electron chi connectivity index (χ1n) is 6.33. The van der Waals surface area contributed by atoms with E-state index >= 15 is 0 Å². The maximum Gasteiger partial charge on any atom is 0.212 e. The summed E-state index contributed by atoms with van der Waals surface area (Å²) < 4.78 is 2.20. The molecule has 0 radical (unpaired) electrons. The molecule has 1 aromatic carbocycles. The van der Waals surface area contributed by atoms with Gasteiger partial charge in [0.2, 0.25) is 5.69 Å². The van der Waals surface area contributed by atoms with E-state index in [1.165, 1.54) is 36.1 Å². The summed E-state index contributed by atoms with van der Waals surface area (Å²) in [4.78, 5) is 0. The van der Waals surface area contributed by atoms with Crippen molar-refractivity contribution in [1.82, 2.24) is 0 Å². The smallest absolute Gasteiger partial charge is 0.201 e. The average molecular weight is 224 g/mol. The van der Waals surface area contributed by atoms with E-state index in [1.54, 1.807) is 11.1 Å². The molecule has 0 N–H and O–H groups in total. The Morgan fingerprint density at radius 2 is 1.82 bits per heavy atom. The third-order valence-electron chi connectivity index (χ3n) is 3.77. The molecule has 1 heteroatoms. The first kappa shape index (κ1) is 10.5. The van der Waals surface area contributed by atoms with E-state index in [2.05, 4.69) is 55.1 Å². The molecule has 0 fully saturated rings. The number of aryl methyl sites for hydroxylation is 4. The molecular formula is C16H18N+. The van der Waals surface area contributed by atoms with Crippen LogP contribution >= 0.6 is 0 Å². The minimum Gasteiger partial charge on any atom is -0.201 e. The number of aromatic nitrogens is 1. The number of fused-ring (bicyclic) bond motifs is 1. The van der Waals surface area contributed by atoms with Gasteiger partial charge >= 0.3 is 0 Å². The van der Waals surface area contributed by atoms with Crippen LogP contribution in [0, 0.1) is 6.92 Å². The van der Waals surface area contributed by atoms with Crippen molar-refractivity contribution in [1.29, 1.82) is 0 Å². The van der Waals surface area contributed by atoms with Crippen molar-refractivity contribution in [2.75, 3.05) is 0 Å². The first-order chi connectivity index (χ1) is 8.25. The van der Waals surface area contributed by atoms with Crippen LogP contribution in [-0.2, 0) is 19.9 Å². The molecule has 0 aliphatic heterocycles. The highest BCUT2D eigenvalue weighted by Gasteiger charge is 2.17. The van der Waals surface area contributed by atoms with Gasteiger partial charge in [-0.1, -0.05) is 6.07 Å². The lowest BCUT2D eigenvalue weighted by molar-refractivity contribution is -0.660. The van der Waals surface area contributed by atoms with Crippen molar-refractivity contribution in [2.45, 2.75) is 26.2 Å². The topological polar surface area (TPSA) is 3.88 Å². The van der Waals surface area contributed by atoms with Gasteiger partial charge in [-0.25, -0.2) is 4.57 Å². The number of rotatable bonds is 1. The second-order valence-electron chi connectivity index (χ2n) is 4.99. The summed E-state index contributed by atoms with van der Waals surface area (Å²) in [7, 11) is 2.11. The SMILES string of the molecule is Cc1cc2c(cc1-c1cccc[n+]1C)CCC2. The molecule has 3 rings (SSSR count). The molecule has 0 unspecified atom stereocenters. The van der Waals surface area contributed by atoms with Gasteiger partial charge in [0.05, 0.1) is 0 Å². The van der Waals surface area contributed by atoms with Crippen LogP contribution in [0.3, 0.4) is 0 Å². The molecule has 2 aromatic rings. The lowest BCUT2D eigenvalue weighted by atomic mass is 9.98. The van der Waals surface area contributed by atoms with Gasteiger partial charge < -0.3 is 0 Å². The van der Waals surface area contributed by atoms with Crippen LogP contribution in [0.2, 0.25) is 0 Å². The minimum absolute atomic E-state index is 1.25. The third-order valence-corrected chi connectivity index (χ3v) is 3.77. The summed E-state index contributed by atoms with van der Waals surface area (Å²) in [6, 6.07) is 11.2. The Balaban J connectivity index is 2.19. The molecule has 0 atom stereocenters. The zero-order chi connectivity index (χ0) is 11.8. The van der Waals surface area contributed by atoms with Gasteiger partial charge in [-0.2, -0.15) is 0 Å². The summed E-state index contributed by atoms with van der Waals surface area (Å²) >= 11 is 0. The summed E-state index contributed by atoms with van der Waals surface area (Å²) in [5.74, 6) is 0. The molecule has 0 amide bonds. The van der Waals surface area contributed by atoms with E-state index in [9.17, 15) is 0 Å². The monoisotopic (exact) mass is 224 g/mol. The lowest BCUT2D eigenvalue weighted by Crippen LogP contribution is -2.30. The van der Waals surface area contributed by atoms with Gasteiger partial charge in [-0.05, 0) is 55.0 Å². The van der Waals surface area contributed by atoms with Crippen LogP contribution in [-0.4, -0.2) is 0 Å². The normalized spacial score (nSPS) is 13.8. The van der Waals surface area contributed by atoms with Gasteiger partial charge in [0.15, 0.2) is 6.20 Å². The standard InChI is InChI=1S/C16H18N/c1-12-10-13-6-5-7-14(13)11-15(12)16-8-3-4-9-17(16)2/h3-4,8-11H,5-7H2,1-2H3/q+1. The molecule has 0 saturated heterocycles. The van der Waals surface area contributed by atoms with Crippen LogP contribution in [0.5, 0.6) is 0 Å². The first-order valence-corrected chi connectivity index (χ1v) is 6.33. The fourth-order valence-electron chi connectivity index (χ4n) is 2.83. The molecule has 0 spiro atoms. The number of hydrogen-bond donors (Lipinski definition) is 0. The fourth-order valence-corrected chi connectivity index (χ4v) is 2.83. The zero-order valence-corrected chi connectivity index (χ0v) is 10.5. The van der Waals surface area contributed by atoms with Gasteiger partial charge in [0.1, 0.15) is 7.05 Å². The predicted molar refractivity (Wildman–Crippen MR) is 69.8 cm³/mol. The van der Waals surface area contributed by atoms with Gasteiger partial charge in [-0.15, -0.1) is 0 Å². The Labute approximate surface area is 103 Å². The largest absolute Gasteiger partial charge is 0.212 e. The van der Waals surface area contributed by atoms with Crippen molar-refractivity contribution in [2.24, 2.45) is 7.05 Å². The highest BCUT2D eigenvalue weighted by Crippen LogP contribution is 2.29. The number of hydrogen-bond acceptors (Lipinski definition) is 0. The molecule has 1 aliphatic rings. The highest BCUT2D eigenvalue weighted by molar-refractivity contribution is 5.63. The third kappa shape index (κ3) is 1.76. The Hall–Kier alpha value is -1.63. The number of pyridine rings is 1. The van der Waals surface area contributed by atoms with Crippen molar-refractivity contribution in [3.63, 3.8) is 0 Å². The Bertz CT molecular complexity index is 570. The van der Waals surface area contributed by atoms with Gasteiger partial charge in [0, 0.05) is 17.7 Å². The van der Waals surface area contributed by atoms with Crippen molar-refractivity contribution < 1.29 is 4.57 Å². The Kier molecular flexibility index (Phi) is 2.47. The molecule has 1 nitrogen and oxygen atoms in total. The van der Waals surface area contributed by atoms with E-state index in [1.807, 2.05) is 0 Å². The summed E-state index contributed by atoms with van der Waals surface area (Å²) in [5.41, 5.74) is 7.19. The predicted octanol–water partition coefficient (Wildman–Crippen LogP) is 2.98. The van der Waals surface area contributed by atoms with Crippen LogP contribution in [0.4, 0.5) is 0 Å². The lowest BCUT2D eigenvalue weighted by Gasteiger charge is -2.07. The van der Waals surface area contributed by atoms with E-state index in [-0.39, 0.29) is 0 Å². The average Bonchev–Trinajstić information content (AvgIpc) is 2.76. The molecule has 0 bridgehead atoms. The van der Waals surface area contributed by atoms with E-state index in [0.717, 1.165) is 0 Å². The molecular weight excluding hydrogens is 206 g/mol. The summed E-state index contributed by atoms with van der Waals surface area (Å²) in [6.07, 6.45) is 5.94. The second kappa shape index (κ2) is 3.99. The quantitative estimate of drug-likeness (QED) is 0.656. The molecule has 1 aromatic heterocycles. The number of nitrogens with zero attached hydrogens (tertiary/aromatic N) is 1. The Morgan fingerprint density at radius 3 is 2.59 bits per heavy atom. The molecule has 1 aliphatic carbocycles. The fraction of sp³-hybridized carbons (Fsp3) is 0.312. The van der Waals surface area contributed by atoms with Crippen LogP contribution in [0.1, 0.15) is 23.1 Å². The van der Waals surface area contributed by atoms with E-state index in [0.29, 0.717) is 0 Å². The molecule has 17 heavy (non-hydrogen) atoms. The van der Waals surface area contributed by atoms with Crippen molar-refractivity contribution in [3.05, 3.63) is 53.2 Å². The second-order valence-corrected chi connectivity index (χ2v) is 4.99. The van der Waals surface area contributed by atoms with Gasteiger partial charge in [-0.3, -0.25) is 0 Å². The van der Waals surface area contributed by atoms with Crippen LogP contribution in [0.25, 0.3) is 11.3 Å². The number of benzene rings is 1. The maximum absolute atomic E-state index is 2.40. The summed E-state index contributed by atoms with van der Waals surface area (Å²) in [5, 5.41) is 0. The van der Waals surface area contributed by atoms with E-state index in [4.69, 9.17) is 0 Å². The zero-order valence-electron chi connectivity index (χ0n) is 10.5. The maximum atomic E-state index is 2.40. The van der Waals surface area contributed by atoms with Crippen LogP contribution < -0.4 is 4.57 Å². The Morgan fingerprint density at radius 1 is 1.06 bits per heavy atom. The molecule has 0 saturated carbocycles. The molecule has 86 valence electrons. The van der Waals surface area contributed by atoms with Crippen molar-refractivity contribution >= 4 is 0 Å². The van der Waals surface area contributed by atoms with Crippen LogP contribution in [0.15, 0.2) is 36.5 Å². The summed E-state index contributed by atoms with van der Waals surface area (Å²) in [6.45, 7) is 2.22. The van der Waals surface area contributed by atoms with Crippen molar-refractivity contribution in [3.8, 4) is 11.3 Å². The molecule has 1 heterocycles. The highest BCUT2D eigenvalue weighted by atomic mass is 14.9. The van der Waals surface area contributed by atoms with Gasteiger partial charge in [0.25, 0.3) is 0 Å². The minimum atomic E-state index is 1.25. The van der Waals surface area contributed by atoms with E-state index < -0.39 is 0 Å².